The minimum absolute atomic E-state index is 0.0262. The second-order valence-corrected chi connectivity index (χ2v) is 8.97. The molecule has 1 heterocycles. The van der Waals surface area contributed by atoms with Gasteiger partial charge in [0.15, 0.2) is 0 Å². The van der Waals surface area contributed by atoms with Crippen molar-refractivity contribution in [2.45, 2.75) is 32.4 Å². The van der Waals surface area contributed by atoms with Gasteiger partial charge in [-0.2, -0.15) is 13.2 Å². The Morgan fingerprint density at radius 2 is 1.60 bits per heavy atom. The fraction of sp³-hybridized carbons (Fsp3) is 0.286. The van der Waals surface area contributed by atoms with Crippen molar-refractivity contribution in [1.82, 2.24) is 4.90 Å². The van der Waals surface area contributed by atoms with Crippen molar-refractivity contribution in [2.24, 2.45) is 5.92 Å². The topological polar surface area (TPSA) is 49.4 Å². The Labute approximate surface area is 202 Å². The summed E-state index contributed by atoms with van der Waals surface area (Å²) in [6, 6.07) is 19.9. The van der Waals surface area contributed by atoms with Gasteiger partial charge in [0, 0.05) is 30.8 Å². The Hall–Kier alpha value is -3.61. The summed E-state index contributed by atoms with van der Waals surface area (Å²) in [5.41, 5.74) is 1.79. The highest BCUT2D eigenvalue weighted by Crippen LogP contribution is 2.35. The van der Waals surface area contributed by atoms with Crippen LogP contribution in [-0.4, -0.2) is 29.8 Å². The van der Waals surface area contributed by atoms with Crippen molar-refractivity contribution in [3.05, 3.63) is 89.5 Å². The fourth-order valence-electron chi connectivity index (χ4n) is 4.49. The van der Waals surface area contributed by atoms with Crippen molar-refractivity contribution in [1.29, 1.82) is 0 Å². The van der Waals surface area contributed by atoms with E-state index >= 15 is 0 Å². The molecule has 0 aliphatic carbocycles. The molecule has 0 aromatic heterocycles. The molecule has 0 saturated carbocycles. The molecule has 1 N–H and O–H groups in total. The predicted octanol–water partition coefficient (Wildman–Crippen LogP) is 6.56. The molecule has 1 aliphatic heterocycles. The zero-order valence-electron chi connectivity index (χ0n) is 19.4. The van der Waals surface area contributed by atoms with E-state index in [9.17, 15) is 22.8 Å². The van der Waals surface area contributed by atoms with Crippen molar-refractivity contribution >= 4 is 17.5 Å². The second kappa shape index (κ2) is 10.3. The summed E-state index contributed by atoms with van der Waals surface area (Å²) in [5, 5.41) is 2.87. The standard InChI is InChI=1S/C28H27F3N2O2/c1-19-7-5-6-10-25(19)21-16-22(18-23(17-21)28(29,30)31)27(35)33-13-11-20(12-14-33)15-26(34)32-24-8-3-2-4-9-24/h2-10,16-18,20H,11-15H2,1H3,(H,32,34). The number of likely N-dealkylation sites (tertiary alicyclic amines) is 1. The van der Waals surface area contributed by atoms with Gasteiger partial charge in [0.25, 0.3) is 5.91 Å². The Morgan fingerprint density at radius 3 is 2.26 bits per heavy atom. The smallest absolute Gasteiger partial charge is 0.339 e. The minimum Gasteiger partial charge on any atom is -0.339 e. The molecule has 1 aliphatic rings. The molecule has 0 unspecified atom stereocenters. The first-order valence-corrected chi connectivity index (χ1v) is 11.6. The summed E-state index contributed by atoms with van der Waals surface area (Å²) >= 11 is 0. The lowest BCUT2D eigenvalue weighted by Crippen LogP contribution is -2.39. The van der Waals surface area contributed by atoms with Gasteiger partial charge in [-0.3, -0.25) is 9.59 Å². The van der Waals surface area contributed by atoms with E-state index in [1.54, 1.807) is 23.1 Å². The predicted molar refractivity (Wildman–Crippen MR) is 130 cm³/mol. The van der Waals surface area contributed by atoms with Gasteiger partial charge in [0.05, 0.1) is 5.56 Å². The summed E-state index contributed by atoms with van der Waals surface area (Å²) in [4.78, 5) is 27.1. The zero-order valence-corrected chi connectivity index (χ0v) is 19.4. The van der Waals surface area contributed by atoms with Gasteiger partial charge in [-0.25, -0.2) is 0 Å². The summed E-state index contributed by atoms with van der Waals surface area (Å²) in [6.07, 6.45) is -2.97. The van der Waals surface area contributed by atoms with Crippen LogP contribution in [0.25, 0.3) is 11.1 Å². The number of piperidine rings is 1. The highest BCUT2D eigenvalue weighted by Gasteiger charge is 2.33. The van der Waals surface area contributed by atoms with Gasteiger partial charge < -0.3 is 10.2 Å². The first-order valence-electron chi connectivity index (χ1n) is 11.6. The quantitative estimate of drug-likeness (QED) is 0.450. The first kappa shape index (κ1) is 24.5. The van der Waals surface area contributed by atoms with Crippen LogP contribution in [0.1, 0.15) is 40.7 Å². The number of para-hydroxylation sites is 1. The number of alkyl halides is 3. The number of halogens is 3. The number of anilines is 1. The third-order valence-corrected chi connectivity index (χ3v) is 6.40. The highest BCUT2D eigenvalue weighted by molar-refractivity contribution is 5.96. The molecular weight excluding hydrogens is 453 g/mol. The van der Waals surface area contributed by atoms with E-state index in [-0.39, 0.29) is 17.4 Å². The van der Waals surface area contributed by atoms with Crippen LogP contribution in [0, 0.1) is 12.8 Å². The molecule has 4 rings (SSSR count). The van der Waals surface area contributed by atoms with E-state index in [4.69, 9.17) is 0 Å². The molecular formula is C28H27F3N2O2. The minimum atomic E-state index is -4.56. The summed E-state index contributed by atoms with van der Waals surface area (Å²) in [5.74, 6) is -0.383. The van der Waals surface area contributed by atoms with E-state index in [1.807, 2.05) is 49.4 Å². The molecule has 7 heteroatoms. The Morgan fingerprint density at radius 1 is 0.943 bits per heavy atom. The van der Waals surface area contributed by atoms with Crippen LogP contribution in [0.15, 0.2) is 72.8 Å². The fourth-order valence-corrected chi connectivity index (χ4v) is 4.49. The van der Waals surface area contributed by atoms with E-state index in [0.717, 1.165) is 23.4 Å². The number of carbonyl (C=O) groups is 2. The Balaban J connectivity index is 1.45. The van der Waals surface area contributed by atoms with Gasteiger partial charge in [0.1, 0.15) is 0 Å². The molecule has 35 heavy (non-hydrogen) atoms. The summed E-state index contributed by atoms with van der Waals surface area (Å²) in [7, 11) is 0. The number of benzene rings is 3. The van der Waals surface area contributed by atoms with E-state index < -0.39 is 17.6 Å². The van der Waals surface area contributed by atoms with Crippen LogP contribution >= 0.6 is 0 Å². The van der Waals surface area contributed by atoms with E-state index in [0.29, 0.717) is 43.5 Å². The molecule has 1 fully saturated rings. The van der Waals surface area contributed by atoms with Crippen LogP contribution in [0.4, 0.5) is 18.9 Å². The van der Waals surface area contributed by atoms with Crippen LogP contribution in [-0.2, 0) is 11.0 Å². The van der Waals surface area contributed by atoms with Crippen LogP contribution in [0.5, 0.6) is 0 Å². The van der Waals surface area contributed by atoms with Crippen LogP contribution in [0.3, 0.4) is 0 Å². The van der Waals surface area contributed by atoms with Crippen molar-refractivity contribution in [3.8, 4) is 11.1 Å². The molecule has 3 aromatic carbocycles. The molecule has 4 nitrogen and oxygen atoms in total. The Kier molecular flexibility index (Phi) is 7.24. The van der Waals surface area contributed by atoms with Gasteiger partial charge in [0.2, 0.25) is 5.91 Å². The number of carbonyl (C=O) groups excluding carboxylic acids is 2. The first-order chi connectivity index (χ1) is 16.7. The monoisotopic (exact) mass is 480 g/mol. The molecule has 1 saturated heterocycles. The summed E-state index contributed by atoms with van der Waals surface area (Å²) in [6.45, 7) is 2.63. The second-order valence-electron chi connectivity index (χ2n) is 8.97. The Bertz CT molecular complexity index is 1200. The van der Waals surface area contributed by atoms with Gasteiger partial charge in [-0.15, -0.1) is 0 Å². The molecule has 0 bridgehead atoms. The van der Waals surface area contributed by atoms with Gasteiger partial charge in [-0.05, 0) is 72.7 Å². The average molecular weight is 481 g/mol. The lowest BCUT2D eigenvalue weighted by atomic mass is 9.92. The zero-order chi connectivity index (χ0) is 25.0. The average Bonchev–Trinajstić information content (AvgIpc) is 2.84. The number of aryl methyl sites for hydroxylation is 1. The number of hydrogen-bond donors (Lipinski definition) is 1. The lowest BCUT2D eigenvalue weighted by molar-refractivity contribution is -0.137. The molecule has 3 aromatic rings. The van der Waals surface area contributed by atoms with E-state index in [2.05, 4.69) is 5.32 Å². The lowest BCUT2D eigenvalue weighted by Gasteiger charge is -2.32. The number of nitrogens with zero attached hydrogens (tertiary/aromatic N) is 1. The molecule has 182 valence electrons. The van der Waals surface area contributed by atoms with Gasteiger partial charge >= 0.3 is 6.18 Å². The molecule has 0 radical (unpaired) electrons. The number of rotatable bonds is 5. The molecule has 2 amide bonds. The number of amides is 2. The number of hydrogen-bond acceptors (Lipinski definition) is 2. The van der Waals surface area contributed by atoms with Gasteiger partial charge in [-0.1, -0.05) is 42.5 Å². The van der Waals surface area contributed by atoms with E-state index in [1.165, 1.54) is 0 Å². The highest BCUT2D eigenvalue weighted by atomic mass is 19.4. The SMILES string of the molecule is Cc1ccccc1-c1cc(C(=O)N2CCC(CC(=O)Nc3ccccc3)CC2)cc(C(F)(F)F)c1. The third kappa shape index (κ3) is 6.10. The maximum Gasteiger partial charge on any atom is 0.416 e. The third-order valence-electron chi connectivity index (χ3n) is 6.40. The number of nitrogens with one attached hydrogen (secondary N) is 1. The normalized spacial score (nSPS) is 14.6. The van der Waals surface area contributed by atoms with Crippen molar-refractivity contribution in [3.63, 3.8) is 0 Å². The van der Waals surface area contributed by atoms with Crippen LogP contribution < -0.4 is 5.32 Å². The largest absolute Gasteiger partial charge is 0.416 e. The van der Waals surface area contributed by atoms with Crippen LogP contribution in [0.2, 0.25) is 0 Å². The molecule has 0 atom stereocenters. The molecule has 0 spiro atoms. The summed E-state index contributed by atoms with van der Waals surface area (Å²) < 4.78 is 40.9. The maximum absolute atomic E-state index is 13.6. The van der Waals surface area contributed by atoms with Crippen molar-refractivity contribution in [2.75, 3.05) is 18.4 Å². The van der Waals surface area contributed by atoms with Crippen molar-refractivity contribution < 1.29 is 22.8 Å². The maximum atomic E-state index is 13.6.